The fourth-order valence-electron chi connectivity index (χ4n) is 4.86. The standard InChI is InChI=1S/C18H21NO6/c1-19-8-16-17(4-3-10(22-2)5-15(17)19)11-6-13-14(24-9-23-13)7-12(11)18(20,21)25-16/h3-4,6-7,10,15-16,20-21H,5,8-9H2,1-2H3/t10-,15+,16+,17+/m1/s1. The molecule has 1 aromatic carbocycles. The summed E-state index contributed by atoms with van der Waals surface area (Å²) in [5.41, 5.74) is 0.654. The third-order valence-electron chi connectivity index (χ3n) is 6.05. The molecule has 134 valence electrons. The summed E-state index contributed by atoms with van der Waals surface area (Å²) in [6, 6.07) is 3.62. The van der Waals surface area contributed by atoms with Gasteiger partial charge in [-0.1, -0.05) is 12.2 Å². The molecule has 0 saturated carbocycles. The Morgan fingerprint density at radius 1 is 1.20 bits per heavy atom. The minimum atomic E-state index is -2.35. The van der Waals surface area contributed by atoms with Crippen LogP contribution in [0.2, 0.25) is 0 Å². The van der Waals surface area contributed by atoms with Crippen LogP contribution in [0.4, 0.5) is 0 Å². The number of benzene rings is 1. The molecule has 4 atom stereocenters. The number of likely N-dealkylation sites (N-methyl/N-ethyl adjacent to an activating group) is 1. The Morgan fingerprint density at radius 2 is 1.92 bits per heavy atom. The van der Waals surface area contributed by atoms with Crippen molar-refractivity contribution >= 4 is 0 Å². The zero-order chi connectivity index (χ0) is 17.4. The summed E-state index contributed by atoms with van der Waals surface area (Å²) in [5, 5.41) is 21.1. The van der Waals surface area contributed by atoms with Gasteiger partial charge in [0.25, 0.3) is 0 Å². The van der Waals surface area contributed by atoms with E-state index in [1.165, 1.54) is 0 Å². The lowest BCUT2D eigenvalue weighted by molar-refractivity contribution is -0.376. The van der Waals surface area contributed by atoms with Crippen molar-refractivity contribution in [2.75, 3.05) is 27.5 Å². The molecule has 3 aliphatic heterocycles. The molecular weight excluding hydrogens is 326 g/mol. The maximum absolute atomic E-state index is 10.5. The summed E-state index contributed by atoms with van der Waals surface area (Å²) in [6.45, 7) is 0.729. The molecule has 3 heterocycles. The van der Waals surface area contributed by atoms with Crippen molar-refractivity contribution in [3.8, 4) is 11.5 Å². The van der Waals surface area contributed by atoms with Crippen LogP contribution < -0.4 is 9.47 Å². The Morgan fingerprint density at radius 3 is 2.64 bits per heavy atom. The van der Waals surface area contributed by atoms with Gasteiger partial charge in [0, 0.05) is 25.3 Å². The Labute approximate surface area is 145 Å². The minimum Gasteiger partial charge on any atom is -0.454 e. The van der Waals surface area contributed by atoms with Gasteiger partial charge in [-0.15, -0.1) is 0 Å². The van der Waals surface area contributed by atoms with E-state index in [9.17, 15) is 10.2 Å². The van der Waals surface area contributed by atoms with Crippen LogP contribution in [-0.4, -0.2) is 60.9 Å². The lowest BCUT2D eigenvalue weighted by Gasteiger charge is -2.48. The van der Waals surface area contributed by atoms with Gasteiger partial charge < -0.3 is 29.2 Å². The third kappa shape index (κ3) is 1.93. The van der Waals surface area contributed by atoms with Crippen molar-refractivity contribution in [3.05, 3.63) is 35.4 Å². The van der Waals surface area contributed by atoms with Crippen molar-refractivity contribution in [2.24, 2.45) is 0 Å². The van der Waals surface area contributed by atoms with E-state index in [1.54, 1.807) is 13.2 Å². The lowest BCUT2D eigenvalue weighted by Crippen LogP contribution is -2.56. The molecular formula is C18H21NO6. The molecule has 0 radical (unpaired) electrons. The molecule has 2 N–H and O–H groups in total. The number of hydrogen-bond acceptors (Lipinski definition) is 7. The SMILES string of the molecule is CO[C@@H]1C=C[C@@]23c4cc5c(cc4C(O)(O)O[C@H]2CN(C)[C@H]3C1)OCO5. The van der Waals surface area contributed by atoms with Crippen molar-refractivity contribution in [1.29, 1.82) is 0 Å². The second-order valence-electron chi connectivity index (χ2n) is 7.22. The van der Waals surface area contributed by atoms with Crippen LogP contribution in [-0.2, 0) is 20.9 Å². The first-order valence-electron chi connectivity index (χ1n) is 8.45. The van der Waals surface area contributed by atoms with E-state index in [0.29, 0.717) is 23.6 Å². The Balaban J connectivity index is 1.76. The highest BCUT2D eigenvalue weighted by Crippen LogP contribution is 2.55. The molecule has 1 aliphatic carbocycles. The van der Waals surface area contributed by atoms with Crippen LogP contribution in [0, 0.1) is 0 Å². The first kappa shape index (κ1) is 15.6. The Kier molecular flexibility index (Phi) is 3.09. The maximum atomic E-state index is 10.5. The molecule has 0 unspecified atom stereocenters. The molecule has 0 bridgehead atoms. The number of aliphatic hydroxyl groups is 2. The molecule has 5 rings (SSSR count). The molecule has 1 fully saturated rings. The van der Waals surface area contributed by atoms with Gasteiger partial charge in [-0.05, 0) is 31.2 Å². The monoisotopic (exact) mass is 347 g/mol. The Hall–Kier alpha value is -1.64. The second kappa shape index (κ2) is 4.96. The number of nitrogens with zero attached hydrogens (tertiary/aromatic N) is 1. The van der Waals surface area contributed by atoms with Crippen LogP contribution in [0.15, 0.2) is 24.3 Å². The van der Waals surface area contributed by atoms with Crippen LogP contribution in [0.3, 0.4) is 0 Å². The van der Waals surface area contributed by atoms with E-state index in [4.69, 9.17) is 18.9 Å². The maximum Gasteiger partial charge on any atom is 0.307 e. The van der Waals surface area contributed by atoms with Crippen molar-refractivity contribution in [1.82, 2.24) is 4.90 Å². The minimum absolute atomic E-state index is 0.0317. The highest BCUT2D eigenvalue weighted by atomic mass is 16.8. The van der Waals surface area contributed by atoms with Crippen molar-refractivity contribution in [2.45, 2.75) is 36.1 Å². The van der Waals surface area contributed by atoms with E-state index < -0.39 is 11.4 Å². The summed E-state index contributed by atoms with van der Waals surface area (Å²) in [4.78, 5) is 2.20. The van der Waals surface area contributed by atoms with Gasteiger partial charge in [-0.3, -0.25) is 4.90 Å². The molecule has 1 aromatic rings. The van der Waals surface area contributed by atoms with Crippen LogP contribution in [0.1, 0.15) is 17.5 Å². The highest BCUT2D eigenvalue weighted by Gasteiger charge is 2.62. The molecule has 25 heavy (non-hydrogen) atoms. The zero-order valence-corrected chi connectivity index (χ0v) is 14.1. The highest BCUT2D eigenvalue weighted by molar-refractivity contribution is 5.57. The van der Waals surface area contributed by atoms with Gasteiger partial charge in [0.15, 0.2) is 11.5 Å². The van der Waals surface area contributed by atoms with E-state index in [2.05, 4.69) is 11.0 Å². The predicted molar refractivity (Wildman–Crippen MR) is 86.2 cm³/mol. The van der Waals surface area contributed by atoms with E-state index in [1.807, 2.05) is 19.2 Å². The first-order chi connectivity index (χ1) is 12.0. The summed E-state index contributed by atoms with van der Waals surface area (Å²) < 4.78 is 22.2. The van der Waals surface area contributed by atoms with E-state index in [0.717, 1.165) is 12.0 Å². The smallest absolute Gasteiger partial charge is 0.307 e. The Bertz CT molecular complexity index is 762. The zero-order valence-electron chi connectivity index (χ0n) is 14.1. The summed E-state index contributed by atoms with van der Waals surface area (Å²) >= 11 is 0. The first-order valence-corrected chi connectivity index (χ1v) is 8.45. The second-order valence-corrected chi connectivity index (χ2v) is 7.22. The van der Waals surface area contributed by atoms with Gasteiger partial charge in [0.05, 0.1) is 17.6 Å². The van der Waals surface area contributed by atoms with Crippen LogP contribution in [0.5, 0.6) is 11.5 Å². The molecule has 1 spiro atoms. The summed E-state index contributed by atoms with van der Waals surface area (Å²) in [5.74, 6) is -1.23. The van der Waals surface area contributed by atoms with Crippen LogP contribution >= 0.6 is 0 Å². The van der Waals surface area contributed by atoms with Gasteiger partial charge in [0.2, 0.25) is 6.79 Å². The topological polar surface area (TPSA) is 80.6 Å². The molecule has 1 saturated heterocycles. The quantitative estimate of drug-likeness (QED) is 0.563. The third-order valence-corrected chi connectivity index (χ3v) is 6.05. The normalized spacial score (nSPS) is 37.5. The average molecular weight is 347 g/mol. The number of fused-ring (bicyclic) bond motifs is 2. The van der Waals surface area contributed by atoms with Crippen LogP contribution in [0.25, 0.3) is 0 Å². The van der Waals surface area contributed by atoms with Crippen molar-refractivity contribution in [3.63, 3.8) is 0 Å². The fraction of sp³-hybridized carbons (Fsp3) is 0.556. The van der Waals surface area contributed by atoms with Gasteiger partial charge in [-0.25, -0.2) is 0 Å². The number of likely N-dealkylation sites (tertiary alicyclic amines) is 1. The molecule has 7 heteroatoms. The van der Waals surface area contributed by atoms with E-state index >= 15 is 0 Å². The average Bonchev–Trinajstić information content (AvgIpc) is 3.15. The molecule has 4 aliphatic rings. The fourth-order valence-corrected chi connectivity index (χ4v) is 4.86. The summed E-state index contributed by atoms with van der Waals surface area (Å²) in [7, 11) is 3.73. The molecule has 0 aromatic heterocycles. The predicted octanol–water partition coefficient (Wildman–Crippen LogP) is 0.436. The van der Waals surface area contributed by atoms with Gasteiger partial charge >= 0.3 is 5.97 Å². The lowest BCUT2D eigenvalue weighted by atomic mass is 9.65. The molecule has 7 nitrogen and oxygen atoms in total. The van der Waals surface area contributed by atoms with Gasteiger partial charge in [0.1, 0.15) is 0 Å². The largest absolute Gasteiger partial charge is 0.454 e. The number of rotatable bonds is 1. The summed E-state index contributed by atoms with van der Waals surface area (Å²) in [6.07, 6.45) is 4.62. The van der Waals surface area contributed by atoms with Crippen molar-refractivity contribution < 1.29 is 29.2 Å². The number of methoxy groups -OCH3 is 1. The van der Waals surface area contributed by atoms with Gasteiger partial charge in [-0.2, -0.15) is 0 Å². The number of hydrogen-bond donors (Lipinski definition) is 2. The van der Waals surface area contributed by atoms with E-state index in [-0.39, 0.29) is 25.0 Å². The molecule has 0 amide bonds. The number of ether oxygens (including phenoxy) is 4.